The maximum absolute atomic E-state index is 13.0. The van der Waals surface area contributed by atoms with Crippen LogP contribution >= 0.6 is 23.2 Å². The molecule has 1 aliphatic rings. The van der Waals surface area contributed by atoms with Gasteiger partial charge >= 0.3 is 0 Å². The number of hydrogen-bond acceptors (Lipinski definition) is 6. The van der Waals surface area contributed by atoms with Gasteiger partial charge in [-0.25, -0.2) is 5.01 Å². The number of Topliss-reactive ketones (excluding diaryl/α,β-unsaturated/α-hetero) is 1. The fourth-order valence-corrected chi connectivity index (χ4v) is 4.94. The lowest BCUT2D eigenvalue weighted by molar-refractivity contribution is -0.111. The van der Waals surface area contributed by atoms with Gasteiger partial charge in [-0.05, 0) is 62.4 Å². The summed E-state index contributed by atoms with van der Waals surface area (Å²) in [5, 5.41) is 7.91. The number of ketones is 1. The molecule has 204 valence electrons. The van der Waals surface area contributed by atoms with Gasteiger partial charge in [0.2, 0.25) is 0 Å². The molecule has 0 radical (unpaired) electrons. The van der Waals surface area contributed by atoms with E-state index in [2.05, 4.69) is 0 Å². The van der Waals surface area contributed by atoms with Crippen molar-refractivity contribution in [1.82, 2.24) is 0 Å². The zero-order valence-electron chi connectivity index (χ0n) is 22.5. The summed E-state index contributed by atoms with van der Waals surface area (Å²) >= 11 is 12.7. The van der Waals surface area contributed by atoms with Crippen molar-refractivity contribution in [3.05, 3.63) is 118 Å². The predicted octanol–water partition coefficient (Wildman–Crippen LogP) is 8.21. The van der Waals surface area contributed by atoms with Crippen LogP contribution in [0.15, 0.2) is 96.1 Å². The van der Waals surface area contributed by atoms with Gasteiger partial charge in [0, 0.05) is 33.8 Å². The van der Waals surface area contributed by atoms with E-state index in [9.17, 15) is 4.79 Å². The molecule has 0 bridgehead atoms. The Bertz CT molecular complexity index is 1540. The Morgan fingerprint density at radius 3 is 2.25 bits per heavy atom. The number of ether oxygens (including phenoxy) is 2. The van der Waals surface area contributed by atoms with Crippen LogP contribution in [0.5, 0.6) is 11.5 Å². The summed E-state index contributed by atoms with van der Waals surface area (Å²) in [5.41, 5.74) is 4.32. The highest BCUT2D eigenvalue weighted by Crippen LogP contribution is 2.45. The summed E-state index contributed by atoms with van der Waals surface area (Å²) in [4.78, 5) is 14.9. The van der Waals surface area contributed by atoms with Crippen LogP contribution in [0.4, 0.5) is 11.4 Å². The molecule has 4 aromatic carbocycles. The van der Waals surface area contributed by atoms with Crippen LogP contribution in [0.25, 0.3) is 0 Å². The molecule has 5 rings (SSSR count). The van der Waals surface area contributed by atoms with Crippen molar-refractivity contribution >= 4 is 46.2 Å². The van der Waals surface area contributed by atoms with E-state index in [0.717, 1.165) is 28.1 Å². The maximum Gasteiger partial charge on any atom is 0.198 e. The van der Waals surface area contributed by atoms with Gasteiger partial charge in [0.1, 0.15) is 6.61 Å². The van der Waals surface area contributed by atoms with Crippen LogP contribution in [0.1, 0.15) is 36.7 Å². The van der Waals surface area contributed by atoms with Crippen molar-refractivity contribution in [2.45, 2.75) is 33.5 Å². The Kier molecular flexibility index (Phi) is 8.29. The molecule has 1 atom stereocenters. The molecule has 0 saturated heterocycles. The molecule has 4 aromatic rings. The first-order valence-corrected chi connectivity index (χ1v) is 13.7. The van der Waals surface area contributed by atoms with Crippen molar-refractivity contribution < 1.29 is 14.3 Å². The minimum Gasteiger partial charge on any atom is -0.490 e. The summed E-state index contributed by atoms with van der Waals surface area (Å²) in [5.74, 6) is 1.26. The number of aryl methyl sites for hydroxylation is 1. The third-order valence-electron chi connectivity index (χ3n) is 6.54. The molecule has 0 saturated carbocycles. The molecule has 0 aliphatic carbocycles. The average Bonchev–Trinajstić information content (AvgIpc) is 3.35. The second-order valence-corrected chi connectivity index (χ2v) is 10.2. The largest absolute Gasteiger partial charge is 0.490 e. The number of para-hydroxylation sites is 1. The second-order valence-electron chi connectivity index (χ2n) is 9.37. The van der Waals surface area contributed by atoms with E-state index in [0.29, 0.717) is 34.0 Å². The molecule has 0 spiro atoms. The summed E-state index contributed by atoms with van der Waals surface area (Å²) in [6.07, 6.45) is -0.565. The van der Waals surface area contributed by atoms with Crippen LogP contribution in [0, 0.1) is 6.92 Å². The van der Waals surface area contributed by atoms with E-state index in [1.807, 2.05) is 103 Å². The van der Waals surface area contributed by atoms with Gasteiger partial charge in [0.25, 0.3) is 0 Å². The van der Waals surface area contributed by atoms with E-state index < -0.39 is 6.17 Å². The molecule has 1 aliphatic heterocycles. The molecule has 8 heteroatoms. The van der Waals surface area contributed by atoms with Crippen LogP contribution < -0.4 is 19.4 Å². The summed E-state index contributed by atoms with van der Waals surface area (Å²) in [6.45, 7) is 6.16. The Morgan fingerprint density at radius 2 is 1.57 bits per heavy atom. The highest BCUT2D eigenvalue weighted by molar-refractivity contribution is 6.44. The molecule has 0 amide bonds. The van der Waals surface area contributed by atoms with Gasteiger partial charge in [-0.3, -0.25) is 9.69 Å². The van der Waals surface area contributed by atoms with Crippen LogP contribution in [0.3, 0.4) is 0 Å². The standard InChI is InChI=1S/C32H29Cl2N3O3/c1-4-39-29-11-7-9-27(30(29)40-20-23-8-5-6-10-28(23)34)32-36(25-18-14-24(33)15-19-25)31(22(3)38)35-37(32)26-16-12-21(2)13-17-26/h5-19,32H,4,20H2,1-3H3/t32-/m1/s1. The normalized spacial score (nSPS) is 14.7. The number of hydrazone groups is 1. The van der Waals surface area contributed by atoms with Gasteiger partial charge in [-0.1, -0.05) is 71.2 Å². The van der Waals surface area contributed by atoms with Crippen molar-refractivity contribution in [3.8, 4) is 11.5 Å². The van der Waals surface area contributed by atoms with E-state index in [-0.39, 0.29) is 12.4 Å². The predicted molar refractivity (Wildman–Crippen MR) is 162 cm³/mol. The summed E-state index contributed by atoms with van der Waals surface area (Å²) in [7, 11) is 0. The topological polar surface area (TPSA) is 54.4 Å². The molecule has 40 heavy (non-hydrogen) atoms. The molecular weight excluding hydrogens is 545 g/mol. The first kappa shape index (κ1) is 27.6. The Labute approximate surface area is 244 Å². The van der Waals surface area contributed by atoms with Gasteiger partial charge in [-0.15, -0.1) is 5.10 Å². The van der Waals surface area contributed by atoms with Crippen molar-refractivity contribution in [3.63, 3.8) is 0 Å². The molecule has 6 nitrogen and oxygen atoms in total. The average molecular weight is 575 g/mol. The van der Waals surface area contributed by atoms with Crippen LogP contribution in [-0.2, 0) is 11.4 Å². The molecule has 0 N–H and O–H groups in total. The third-order valence-corrected chi connectivity index (χ3v) is 7.16. The minimum atomic E-state index is -0.565. The van der Waals surface area contributed by atoms with Gasteiger partial charge in [0.15, 0.2) is 29.3 Å². The fraction of sp³-hybridized carbons (Fsp3) is 0.188. The lowest BCUT2D eigenvalue weighted by atomic mass is 10.1. The van der Waals surface area contributed by atoms with E-state index in [1.54, 1.807) is 12.1 Å². The maximum atomic E-state index is 13.0. The lowest BCUT2D eigenvalue weighted by Gasteiger charge is -2.33. The number of benzene rings is 4. The number of carbonyl (C=O) groups excluding carboxylic acids is 1. The number of halogens is 2. The number of nitrogens with zero attached hydrogens (tertiary/aromatic N) is 3. The second kappa shape index (κ2) is 12.0. The van der Waals surface area contributed by atoms with Gasteiger partial charge < -0.3 is 9.47 Å². The van der Waals surface area contributed by atoms with Crippen LogP contribution in [-0.4, -0.2) is 18.2 Å². The monoisotopic (exact) mass is 573 g/mol. The lowest BCUT2D eigenvalue weighted by Crippen LogP contribution is -2.38. The third kappa shape index (κ3) is 5.64. The van der Waals surface area contributed by atoms with Crippen molar-refractivity contribution in [1.29, 1.82) is 0 Å². The highest BCUT2D eigenvalue weighted by atomic mass is 35.5. The first-order chi connectivity index (χ1) is 19.4. The highest BCUT2D eigenvalue weighted by Gasteiger charge is 2.41. The summed E-state index contributed by atoms with van der Waals surface area (Å²) in [6, 6.07) is 28.7. The molecule has 0 aromatic heterocycles. The molecular formula is C32H29Cl2N3O3. The quantitative estimate of drug-likeness (QED) is 0.202. The zero-order chi connectivity index (χ0) is 28.2. The Morgan fingerprint density at radius 1 is 0.875 bits per heavy atom. The smallest absolute Gasteiger partial charge is 0.198 e. The van der Waals surface area contributed by atoms with E-state index in [4.69, 9.17) is 37.8 Å². The Balaban J connectivity index is 1.69. The molecule has 0 unspecified atom stereocenters. The number of amidine groups is 1. The molecule has 1 heterocycles. The van der Waals surface area contributed by atoms with Crippen LogP contribution in [0.2, 0.25) is 10.0 Å². The first-order valence-electron chi connectivity index (χ1n) is 13.0. The van der Waals surface area contributed by atoms with Crippen molar-refractivity contribution in [2.75, 3.05) is 16.5 Å². The SMILES string of the molecule is CCOc1cccc([C@H]2N(c3ccc(C)cc3)N=C(C(C)=O)N2c2ccc(Cl)cc2)c1OCc1ccccc1Cl. The minimum absolute atomic E-state index is 0.172. The number of carbonyl (C=O) groups is 1. The number of hydrogen-bond donors (Lipinski definition) is 0. The zero-order valence-corrected chi connectivity index (χ0v) is 24.0. The van der Waals surface area contributed by atoms with E-state index >= 15 is 0 Å². The number of anilines is 2. The van der Waals surface area contributed by atoms with E-state index in [1.165, 1.54) is 6.92 Å². The molecule has 0 fully saturated rings. The Hall–Kier alpha value is -4.00. The number of rotatable bonds is 9. The van der Waals surface area contributed by atoms with Gasteiger partial charge in [0.05, 0.1) is 12.3 Å². The van der Waals surface area contributed by atoms with Gasteiger partial charge in [-0.2, -0.15) is 0 Å². The summed E-state index contributed by atoms with van der Waals surface area (Å²) < 4.78 is 12.5. The van der Waals surface area contributed by atoms with Crippen molar-refractivity contribution in [2.24, 2.45) is 5.10 Å². The fourth-order valence-electron chi connectivity index (χ4n) is 4.63.